The van der Waals surface area contributed by atoms with E-state index in [-0.39, 0.29) is 48.9 Å². The molecule has 15 heteroatoms. The first-order valence-corrected chi connectivity index (χ1v) is 15.1. The van der Waals surface area contributed by atoms with Crippen LogP contribution in [0.5, 0.6) is 0 Å². The second-order valence-corrected chi connectivity index (χ2v) is 10.5. The number of unbranched alkanes of at least 4 members (excludes halogenated alkanes) is 8. The number of aliphatic hydroxyl groups excluding tert-OH is 3. The zero-order chi connectivity index (χ0) is 31.2. The molecule has 0 aliphatic rings. The van der Waals surface area contributed by atoms with Gasteiger partial charge in [0.25, 0.3) is 10.1 Å². The van der Waals surface area contributed by atoms with Crippen molar-refractivity contribution in [3.8, 4) is 0 Å². The molecule has 0 saturated carbocycles. The van der Waals surface area contributed by atoms with Crippen molar-refractivity contribution in [3.05, 3.63) is 12.2 Å². The van der Waals surface area contributed by atoms with Crippen LogP contribution in [0.25, 0.3) is 0 Å². The van der Waals surface area contributed by atoms with Crippen LogP contribution in [0, 0.1) is 0 Å². The number of carboxylic acid groups (broad SMARTS) is 3. The first-order chi connectivity index (χ1) is 18.8. The SMILES string of the molecule is CCCCCCC(O)C/C=C\CCCCCCCC(=O)O.O=C(O)CC(C(=O)[O-])S(=O)(=O)O.OCCOCCO.[Na+]. The summed E-state index contributed by atoms with van der Waals surface area (Å²) in [6, 6.07) is 0. The predicted octanol–water partition coefficient (Wildman–Crippen LogP) is -1.46. The third-order valence-electron chi connectivity index (χ3n) is 5.18. The van der Waals surface area contributed by atoms with Crippen molar-refractivity contribution < 1.29 is 92.3 Å². The van der Waals surface area contributed by atoms with Crippen LogP contribution >= 0.6 is 0 Å². The molecule has 0 fully saturated rings. The molecule has 2 unspecified atom stereocenters. The van der Waals surface area contributed by atoms with Crippen molar-refractivity contribution in [2.45, 2.75) is 108 Å². The summed E-state index contributed by atoms with van der Waals surface area (Å²) in [5.74, 6) is -4.48. The van der Waals surface area contributed by atoms with Gasteiger partial charge in [0.1, 0.15) is 5.25 Å². The summed E-state index contributed by atoms with van der Waals surface area (Å²) in [5.41, 5.74) is 0. The summed E-state index contributed by atoms with van der Waals surface area (Å²) in [6.45, 7) is 2.90. The second kappa shape index (κ2) is 33.4. The first-order valence-electron chi connectivity index (χ1n) is 13.6. The number of hydrogen-bond acceptors (Lipinski definition) is 10. The molecule has 0 rings (SSSR count). The van der Waals surface area contributed by atoms with Gasteiger partial charge in [-0.15, -0.1) is 0 Å². The van der Waals surface area contributed by atoms with Crippen LogP contribution in [0.3, 0.4) is 0 Å². The average molecular weight is 625 g/mol. The molecule has 0 bridgehead atoms. The molecular weight excluding hydrogens is 575 g/mol. The van der Waals surface area contributed by atoms with Crippen molar-refractivity contribution in [3.63, 3.8) is 0 Å². The number of allylic oxidation sites excluding steroid dienone is 1. The van der Waals surface area contributed by atoms with E-state index in [1.54, 1.807) is 0 Å². The predicted molar refractivity (Wildman–Crippen MR) is 146 cm³/mol. The maximum atomic E-state index is 10.3. The van der Waals surface area contributed by atoms with Gasteiger partial charge in [-0.3, -0.25) is 14.1 Å². The van der Waals surface area contributed by atoms with Gasteiger partial charge < -0.3 is 40.2 Å². The van der Waals surface area contributed by atoms with Crippen LogP contribution in [0.4, 0.5) is 0 Å². The molecule has 13 nitrogen and oxygen atoms in total. The van der Waals surface area contributed by atoms with Crippen LogP contribution in [-0.4, -0.2) is 94.2 Å². The van der Waals surface area contributed by atoms with Crippen molar-refractivity contribution in [1.29, 1.82) is 0 Å². The minimum atomic E-state index is -4.90. The summed E-state index contributed by atoms with van der Waals surface area (Å²) in [4.78, 5) is 30.2. The zero-order valence-electron chi connectivity index (χ0n) is 24.5. The molecule has 0 aromatic heterocycles. The minimum absolute atomic E-state index is 0. The quantitative estimate of drug-likeness (QED) is 0.0330. The van der Waals surface area contributed by atoms with Crippen LogP contribution in [-0.2, 0) is 29.2 Å². The van der Waals surface area contributed by atoms with Gasteiger partial charge in [-0.2, -0.15) is 8.42 Å². The minimum Gasteiger partial charge on any atom is -0.549 e. The van der Waals surface area contributed by atoms with E-state index in [4.69, 9.17) is 25.0 Å². The van der Waals surface area contributed by atoms with Gasteiger partial charge in [-0.05, 0) is 32.1 Å². The van der Waals surface area contributed by atoms with Crippen molar-refractivity contribution in [2.75, 3.05) is 26.4 Å². The topological polar surface area (TPSA) is 239 Å². The summed E-state index contributed by atoms with van der Waals surface area (Å²) >= 11 is 0. The summed E-state index contributed by atoms with van der Waals surface area (Å²) in [7, 11) is -4.90. The van der Waals surface area contributed by atoms with E-state index in [1.165, 1.54) is 25.7 Å². The van der Waals surface area contributed by atoms with Crippen LogP contribution in [0.2, 0.25) is 0 Å². The Morgan fingerprint density at radius 1 is 0.854 bits per heavy atom. The fourth-order valence-electron chi connectivity index (χ4n) is 3.06. The number of carboxylic acids is 3. The normalized spacial score (nSPS) is 12.2. The van der Waals surface area contributed by atoms with Gasteiger partial charge in [0, 0.05) is 6.42 Å². The Hall–Kier alpha value is -1.10. The maximum absolute atomic E-state index is 10.3. The van der Waals surface area contributed by atoms with Gasteiger partial charge in [0.05, 0.1) is 44.9 Å². The number of ether oxygens (including phenoxy) is 1. The van der Waals surface area contributed by atoms with Gasteiger partial charge in [-0.25, -0.2) is 0 Å². The Kier molecular flexibility index (Phi) is 38.2. The van der Waals surface area contributed by atoms with Crippen molar-refractivity contribution in [2.24, 2.45) is 0 Å². The van der Waals surface area contributed by atoms with E-state index in [1.807, 2.05) is 0 Å². The first kappa shape index (κ1) is 46.8. The molecule has 0 aromatic carbocycles. The monoisotopic (exact) mass is 624 g/mol. The van der Waals surface area contributed by atoms with Crippen LogP contribution in [0.1, 0.15) is 96.8 Å². The summed E-state index contributed by atoms with van der Waals surface area (Å²) in [5, 5.41) is 50.1. The Morgan fingerprint density at radius 3 is 1.83 bits per heavy atom. The number of carbonyl (C=O) groups excluding carboxylic acids is 1. The standard InChI is InChI=1S/C18H34O3.C4H6O7S.C4H10O3.Na/c1-2-3-4-11-14-17(19)15-12-9-7-5-6-8-10-13-16-18(20)21;5-3(6)1-2(4(7)8)12(9,10)11;5-1-3-7-4-2-6;/h9,12,17,19H,2-8,10-11,13-16H2,1H3,(H,20,21);2H,1H2,(H,5,6)(H,7,8)(H,9,10,11);5-6H,1-4H2;/q;;;+1/p-1/b12-9-;;;. The smallest absolute Gasteiger partial charge is 0.549 e. The third-order valence-corrected chi connectivity index (χ3v) is 6.26. The number of hydrogen-bond donors (Lipinski definition) is 6. The Morgan fingerprint density at radius 2 is 1.39 bits per heavy atom. The van der Waals surface area contributed by atoms with E-state index in [0.29, 0.717) is 19.6 Å². The largest absolute Gasteiger partial charge is 1.00 e. The van der Waals surface area contributed by atoms with Gasteiger partial charge >= 0.3 is 41.5 Å². The Balaban J connectivity index is -0.000000288. The molecule has 0 aliphatic carbocycles. The van der Waals surface area contributed by atoms with Gasteiger partial charge in [0.15, 0.2) is 0 Å². The molecule has 0 aromatic rings. The third kappa shape index (κ3) is 41.1. The number of carbonyl (C=O) groups is 3. The molecule has 0 amide bonds. The molecule has 0 spiro atoms. The van der Waals surface area contributed by atoms with Gasteiger partial charge in [0.2, 0.25) is 0 Å². The molecule has 0 radical (unpaired) electrons. The summed E-state index contributed by atoms with van der Waals surface area (Å²) in [6.07, 6.45) is 16.1. The average Bonchev–Trinajstić information content (AvgIpc) is 2.86. The molecule has 0 aliphatic heterocycles. The second-order valence-electron chi connectivity index (χ2n) is 8.89. The van der Waals surface area contributed by atoms with Crippen LogP contribution in [0.15, 0.2) is 12.2 Å². The number of aliphatic carboxylic acids is 3. The molecule has 41 heavy (non-hydrogen) atoms. The Labute approximate surface area is 266 Å². The molecule has 0 saturated heterocycles. The van der Waals surface area contributed by atoms with E-state index in [9.17, 15) is 33.0 Å². The van der Waals surface area contributed by atoms with E-state index < -0.39 is 39.7 Å². The van der Waals surface area contributed by atoms with E-state index >= 15 is 0 Å². The van der Waals surface area contributed by atoms with Crippen molar-refractivity contribution in [1.82, 2.24) is 0 Å². The van der Waals surface area contributed by atoms with E-state index in [2.05, 4.69) is 23.8 Å². The zero-order valence-corrected chi connectivity index (χ0v) is 27.3. The van der Waals surface area contributed by atoms with Crippen LogP contribution < -0.4 is 34.7 Å². The number of aliphatic hydroxyl groups is 3. The molecular formula is C26H49NaO13S. The molecule has 0 heterocycles. The van der Waals surface area contributed by atoms with Crippen molar-refractivity contribution >= 4 is 28.0 Å². The summed E-state index contributed by atoms with van der Waals surface area (Å²) < 4.78 is 33.2. The molecule has 238 valence electrons. The maximum Gasteiger partial charge on any atom is 1.00 e. The fraction of sp³-hybridized carbons (Fsp3) is 0.808. The number of rotatable bonds is 23. The Bertz CT molecular complexity index is 756. The van der Waals surface area contributed by atoms with E-state index in [0.717, 1.165) is 51.4 Å². The molecule has 2 atom stereocenters. The fourth-order valence-corrected chi connectivity index (χ4v) is 3.66. The van der Waals surface area contributed by atoms with Gasteiger partial charge in [-0.1, -0.05) is 64.0 Å². The molecule has 6 N–H and O–H groups in total.